The molecule has 19 heavy (non-hydrogen) atoms. The highest BCUT2D eigenvalue weighted by Gasteiger charge is 2.29. The first-order valence-corrected chi connectivity index (χ1v) is 7.68. The summed E-state index contributed by atoms with van der Waals surface area (Å²) in [6.45, 7) is 0.643. The molecule has 2 N–H and O–H groups in total. The normalized spacial score (nSPS) is 25.5. The van der Waals surface area contributed by atoms with E-state index in [1.165, 1.54) is 0 Å². The third-order valence-corrected chi connectivity index (χ3v) is 4.12. The van der Waals surface area contributed by atoms with Gasteiger partial charge >= 0.3 is 0 Å². The molecule has 102 valence electrons. The molecule has 2 aliphatic rings. The van der Waals surface area contributed by atoms with Crippen LogP contribution in [0.2, 0.25) is 0 Å². The number of aliphatic imine (C=N–C) groups is 1. The Labute approximate surface area is 116 Å². The van der Waals surface area contributed by atoms with E-state index < -0.39 is 0 Å². The number of rotatable bonds is 2. The molecule has 2 unspecified atom stereocenters. The number of aliphatic hydroxyl groups is 1. The zero-order chi connectivity index (χ0) is 13.2. The van der Waals surface area contributed by atoms with Crippen molar-refractivity contribution in [1.82, 2.24) is 4.98 Å². The summed E-state index contributed by atoms with van der Waals surface area (Å²) in [5, 5.41) is 14.0. The van der Waals surface area contributed by atoms with Gasteiger partial charge in [-0.3, -0.25) is 4.99 Å². The van der Waals surface area contributed by atoms with Crippen LogP contribution in [0.15, 0.2) is 17.3 Å². The van der Waals surface area contributed by atoms with Crippen LogP contribution in [0.25, 0.3) is 0 Å². The van der Waals surface area contributed by atoms with Crippen molar-refractivity contribution in [2.24, 2.45) is 4.99 Å². The minimum atomic E-state index is -0.380. The molecule has 3 rings (SSSR count). The molecular weight excluding hydrogens is 262 g/mol. The number of hydrogen-bond acceptors (Lipinski definition) is 6. The van der Waals surface area contributed by atoms with Crippen LogP contribution < -0.4 is 10.1 Å². The lowest BCUT2D eigenvalue weighted by Crippen LogP contribution is -2.27. The molecule has 1 aromatic heterocycles. The van der Waals surface area contributed by atoms with Crippen LogP contribution in [-0.2, 0) is 6.54 Å². The molecule has 0 spiro atoms. The molecule has 2 heterocycles. The van der Waals surface area contributed by atoms with Gasteiger partial charge in [-0.25, -0.2) is 4.98 Å². The van der Waals surface area contributed by atoms with Gasteiger partial charge in [0.15, 0.2) is 5.17 Å². The van der Waals surface area contributed by atoms with Crippen LogP contribution in [0, 0.1) is 0 Å². The number of aliphatic hydroxyl groups excluding tert-OH is 1. The molecule has 5 nitrogen and oxygen atoms in total. The smallest absolute Gasteiger partial charge is 0.238 e. The summed E-state index contributed by atoms with van der Waals surface area (Å²) >= 11 is 1.57. The van der Waals surface area contributed by atoms with Gasteiger partial charge in [-0.1, -0.05) is 11.8 Å². The quantitative estimate of drug-likeness (QED) is 0.867. The fourth-order valence-corrected chi connectivity index (χ4v) is 2.84. The summed E-state index contributed by atoms with van der Waals surface area (Å²) in [5.41, 5.74) is 1.97. The summed E-state index contributed by atoms with van der Waals surface area (Å²) in [6.07, 6.45) is 5.89. The molecule has 0 saturated heterocycles. The average molecular weight is 279 g/mol. The van der Waals surface area contributed by atoms with E-state index in [1.807, 2.05) is 12.3 Å². The van der Waals surface area contributed by atoms with Gasteiger partial charge in [0.25, 0.3) is 0 Å². The summed E-state index contributed by atoms with van der Waals surface area (Å²) in [6, 6.07) is 1.95. The molecule has 0 aromatic carbocycles. The van der Waals surface area contributed by atoms with Gasteiger partial charge in [-0.05, 0) is 31.6 Å². The Kier molecular flexibility index (Phi) is 3.61. The van der Waals surface area contributed by atoms with E-state index in [-0.39, 0.29) is 12.2 Å². The second-order valence-electron chi connectivity index (χ2n) is 4.76. The summed E-state index contributed by atoms with van der Waals surface area (Å²) in [4.78, 5) is 8.71. The third kappa shape index (κ3) is 2.55. The predicted molar refractivity (Wildman–Crippen MR) is 76.8 cm³/mol. The van der Waals surface area contributed by atoms with E-state index in [1.54, 1.807) is 18.0 Å². The molecule has 1 fully saturated rings. The molecule has 1 aliphatic heterocycles. The molecule has 2 atom stereocenters. The standard InChI is InChI=1S/C13H17N3O2S/c1-19-13-15-7-8-5-6-14-12(11(8)16-13)18-10-4-2-3-9(10)17/h5-6,9-10,17H,2-4,7H2,1H3,(H,15,16). The van der Waals surface area contributed by atoms with Crippen LogP contribution in [0.1, 0.15) is 24.8 Å². The highest BCUT2D eigenvalue weighted by atomic mass is 32.2. The number of ether oxygens (including phenoxy) is 1. The molecule has 1 saturated carbocycles. The number of thioether (sulfide) groups is 1. The number of amidine groups is 1. The molecule has 0 radical (unpaired) electrons. The molecule has 0 bridgehead atoms. The first-order chi connectivity index (χ1) is 9.28. The molecule has 1 aliphatic carbocycles. The SMILES string of the molecule is CSC1=NCc2ccnc(OC3CCCC3O)c2N1. The topological polar surface area (TPSA) is 66.7 Å². The van der Waals surface area contributed by atoms with Crippen molar-refractivity contribution in [2.45, 2.75) is 38.0 Å². The Bertz CT molecular complexity index is 507. The van der Waals surface area contributed by atoms with Crippen LogP contribution in [-0.4, -0.2) is 33.7 Å². The van der Waals surface area contributed by atoms with E-state index in [4.69, 9.17) is 4.74 Å². The number of pyridine rings is 1. The second-order valence-corrected chi connectivity index (χ2v) is 5.55. The zero-order valence-corrected chi connectivity index (χ0v) is 11.6. The van der Waals surface area contributed by atoms with Crippen molar-refractivity contribution >= 4 is 22.6 Å². The second kappa shape index (κ2) is 5.38. The molecular formula is C13H17N3O2S. The van der Waals surface area contributed by atoms with E-state index in [9.17, 15) is 5.11 Å². The van der Waals surface area contributed by atoms with Gasteiger partial charge < -0.3 is 15.2 Å². The number of aromatic nitrogens is 1. The Morgan fingerprint density at radius 2 is 2.37 bits per heavy atom. The zero-order valence-electron chi connectivity index (χ0n) is 10.8. The summed E-state index contributed by atoms with van der Waals surface area (Å²) in [7, 11) is 0. The van der Waals surface area contributed by atoms with Gasteiger partial charge in [0.1, 0.15) is 11.8 Å². The van der Waals surface area contributed by atoms with Crippen molar-refractivity contribution in [1.29, 1.82) is 0 Å². The number of nitrogens with zero attached hydrogens (tertiary/aromatic N) is 2. The molecule has 0 amide bonds. The number of fused-ring (bicyclic) bond motifs is 1. The number of hydrogen-bond donors (Lipinski definition) is 2. The van der Waals surface area contributed by atoms with Crippen LogP contribution in [0.4, 0.5) is 5.69 Å². The maximum Gasteiger partial charge on any atom is 0.238 e. The largest absolute Gasteiger partial charge is 0.470 e. The molecule has 1 aromatic rings. The third-order valence-electron chi connectivity index (χ3n) is 3.50. The van der Waals surface area contributed by atoms with Gasteiger partial charge in [-0.2, -0.15) is 0 Å². The first kappa shape index (κ1) is 12.7. The minimum Gasteiger partial charge on any atom is -0.470 e. The number of anilines is 1. The highest BCUT2D eigenvalue weighted by molar-refractivity contribution is 8.13. The van der Waals surface area contributed by atoms with E-state index in [2.05, 4.69) is 15.3 Å². The van der Waals surface area contributed by atoms with Gasteiger partial charge in [0, 0.05) is 11.8 Å². The fourth-order valence-electron chi connectivity index (χ4n) is 2.44. The maximum atomic E-state index is 9.85. The van der Waals surface area contributed by atoms with Crippen molar-refractivity contribution in [3.8, 4) is 5.88 Å². The number of nitrogens with one attached hydrogen (secondary N) is 1. The lowest BCUT2D eigenvalue weighted by molar-refractivity contribution is 0.0579. The van der Waals surface area contributed by atoms with Crippen molar-refractivity contribution in [2.75, 3.05) is 11.6 Å². The lowest BCUT2D eigenvalue weighted by atomic mass is 10.2. The maximum absolute atomic E-state index is 9.85. The first-order valence-electron chi connectivity index (χ1n) is 6.46. The Balaban J connectivity index is 1.83. The van der Waals surface area contributed by atoms with Crippen molar-refractivity contribution in [3.05, 3.63) is 17.8 Å². The van der Waals surface area contributed by atoms with Gasteiger partial charge in [-0.15, -0.1) is 0 Å². The Hall–Kier alpha value is -1.27. The van der Waals surface area contributed by atoms with Gasteiger partial charge in [0.05, 0.1) is 12.6 Å². The van der Waals surface area contributed by atoms with Crippen LogP contribution in [0.5, 0.6) is 5.88 Å². The minimum absolute atomic E-state index is 0.141. The van der Waals surface area contributed by atoms with Crippen LogP contribution in [0.3, 0.4) is 0 Å². The predicted octanol–water partition coefficient (Wildman–Crippen LogP) is 2.02. The fraction of sp³-hybridized carbons (Fsp3) is 0.538. The molecule has 6 heteroatoms. The monoisotopic (exact) mass is 279 g/mol. The van der Waals surface area contributed by atoms with Crippen LogP contribution >= 0.6 is 11.8 Å². The highest BCUT2D eigenvalue weighted by Crippen LogP contribution is 2.33. The Morgan fingerprint density at radius 3 is 3.11 bits per heavy atom. The van der Waals surface area contributed by atoms with E-state index in [0.717, 1.165) is 35.7 Å². The van der Waals surface area contributed by atoms with Crippen molar-refractivity contribution in [3.63, 3.8) is 0 Å². The summed E-state index contributed by atoms with van der Waals surface area (Å²) in [5.74, 6) is 0.574. The Morgan fingerprint density at radius 1 is 1.47 bits per heavy atom. The summed E-state index contributed by atoms with van der Waals surface area (Å²) < 4.78 is 5.89. The van der Waals surface area contributed by atoms with E-state index in [0.29, 0.717) is 12.4 Å². The average Bonchev–Trinajstić information content (AvgIpc) is 2.84. The van der Waals surface area contributed by atoms with Crippen molar-refractivity contribution < 1.29 is 9.84 Å². The lowest BCUT2D eigenvalue weighted by Gasteiger charge is -2.22. The van der Waals surface area contributed by atoms with Gasteiger partial charge in [0.2, 0.25) is 5.88 Å². The van der Waals surface area contributed by atoms with E-state index >= 15 is 0 Å².